The number of carbonyl (C=O) groups excluding carboxylic acids is 1. The first kappa shape index (κ1) is 15.2. The normalized spacial score (nSPS) is 12.5. The summed E-state index contributed by atoms with van der Waals surface area (Å²) in [6.45, 7) is 5.92. The van der Waals surface area contributed by atoms with Crippen LogP contribution in [0.15, 0.2) is 41.0 Å². The highest BCUT2D eigenvalue weighted by molar-refractivity contribution is 8.00. The monoisotopic (exact) mass is 328 g/mol. The number of thiophene rings is 1. The Morgan fingerprint density at radius 2 is 2.05 bits per heavy atom. The molecule has 2 heterocycles. The molecule has 112 valence electrons. The van der Waals surface area contributed by atoms with Gasteiger partial charge in [-0.3, -0.25) is 4.79 Å². The van der Waals surface area contributed by atoms with Gasteiger partial charge in [-0.05, 0) is 43.8 Å². The van der Waals surface area contributed by atoms with E-state index in [1.165, 1.54) is 11.8 Å². The molecule has 0 aliphatic carbocycles. The Balaban J connectivity index is 1.88. The minimum atomic E-state index is -0.182. The second-order valence-electron chi connectivity index (χ2n) is 5.26. The maximum absolute atomic E-state index is 12.7. The molecule has 0 aliphatic heterocycles. The highest BCUT2D eigenvalue weighted by Gasteiger charge is 2.20. The largest absolute Gasteiger partial charge is 0.293 e. The number of aryl methyl sites for hydroxylation is 2. The zero-order valence-corrected chi connectivity index (χ0v) is 14.3. The van der Waals surface area contributed by atoms with Gasteiger partial charge in [-0.2, -0.15) is 0 Å². The smallest absolute Gasteiger partial charge is 0.176 e. The summed E-state index contributed by atoms with van der Waals surface area (Å²) in [7, 11) is 0. The molecule has 1 aromatic carbocycles. The standard InChI is InChI=1S/C17H16N2OS2/c1-10-4-5-11(2)14(8-10)15(20)12(3)22-17-13-6-7-21-16(13)18-9-19-17/h4-9,12H,1-3H3. The van der Waals surface area contributed by atoms with Crippen LogP contribution in [0.3, 0.4) is 0 Å². The second-order valence-corrected chi connectivity index (χ2v) is 7.49. The van der Waals surface area contributed by atoms with E-state index in [-0.39, 0.29) is 11.0 Å². The van der Waals surface area contributed by atoms with E-state index in [1.807, 2.05) is 50.4 Å². The van der Waals surface area contributed by atoms with Crippen molar-refractivity contribution in [3.05, 3.63) is 52.7 Å². The molecule has 0 fully saturated rings. The molecule has 2 aromatic heterocycles. The maximum Gasteiger partial charge on any atom is 0.176 e. The van der Waals surface area contributed by atoms with Crippen molar-refractivity contribution in [2.75, 3.05) is 0 Å². The number of aromatic nitrogens is 2. The zero-order valence-electron chi connectivity index (χ0n) is 12.7. The van der Waals surface area contributed by atoms with Crippen molar-refractivity contribution in [1.29, 1.82) is 0 Å². The summed E-state index contributed by atoms with van der Waals surface area (Å²) in [5.74, 6) is 0.146. The third kappa shape index (κ3) is 2.91. The van der Waals surface area contributed by atoms with Crippen LogP contribution >= 0.6 is 23.1 Å². The highest BCUT2D eigenvalue weighted by Crippen LogP contribution is 2.31. The quantitative estimate of drug-likeness (QED) is 0.396. The van der Waals surface area contributed by atoms with Gasteiger partial charge in [0.15, 0.2) is 5.78 Å². The molecule has 0 saturated heterocycles. The van der Waals surface area contributed by atoms with Crippen LogP contribution in [-0.2, 0) is 0 Å². The number of ketones is 1. The summed E-state index contributed by atoms with van der Waals surface area (Å²) in [6, 6.07) is 8.01. The Bertz CT molecular complexity index is 842. The number of benzene rings is 1. The lowest BCUT2D eigenvalue weighted by molar-refractivity contribution is 0.0993. The van der Waals surface area contributed by atoms with Gasteiger partial charge in [0.2, 0.25) is 0 Å². The Labute approximate surface area is 137 Å². The van der Waals surface area contributed by atoms with Crippen LogP contribution in [0.4, 0.5) is 0 Å². The van der Waals surface area contributed by atoms with Crippen molar-refractivity contribution < 1.29 is 4.79 Å². The molecule has 0 aliphatic rings. The number of Topliss-reactive ketones (excluding diaryl/α,β-unsaturated/α-hetero) is 1. The number of thioether (sulfide) groups is 1. The van der Waals surface area contributed by atoms with E-state index in [1.54, 1.807) is 17.7 Å². The third-order valence-electron chi connectivity index (χ3n) is 3.54. The first-order valence-corrected chi connectivity index (χ1v) is 8.78. The summed E-state index contributed by atoms with van der Waals surface area (Å²) < 4.78 is 0. The SMILES string of the molecule is Cc1ccc(C)c(C(=O)C(C)Sc2ncnc3sccc23)c1. The van der Waals surface area contributed by atoms with E-state index in [0.29, 0.717) is 0 Å². The lowest BCUT2D eigenvalue weighted by Crippen LogP contribution is -2.15. The topological polar surface area (TPSA) is 42.9 Å². The Morgan fingerprint density at radius 1 is 1.23 bits per heavy atom. The van der Waals surface area contributed by atoms with Gasteiger partial charge < -0.3 is 0 Å². The van der Waals surface area contributed by atoms with Crippen LogP contribution in [0.5, 0.6) is 0 Å². The van der Waals surface area contributed by atoms with Gasteiger partial charge in [0, 0.05) is 10.9 Å². The van der Waals surface area contributed by atoms with Crippen LogP contribution < -0.4 is 0 Å². The molecule has 1 atom stereocenters. The number of hydrogen-bond donors (Lipinski definition) is 0. The average Bonchev–Trinajstić information content (AvgIpc) is 2.98. The van der Waals surface area contributed by atoms with E-state index in [4.69, 9.17) is 0 Å². The summed E-state index contributed by atoms with van der Waals surface area (Å²) in [6.07, 6.45) is 1.57. The third-order valence-corrected chi connectivity index (χ3v) is 5.48. The summed E-state index contributed by atoms with van der Waals surface area (Å²) in [4.78, 5) is 22.3. The van der Waals surface area contributed by atoms with Crippen molar-refractivity contribution in [1.82, 2.24) is 9.97 Å². The second kappa shape index (κ2) is 6.18. The van der Waals surface area contributed by atoms with Crippen LogP contribution in [0, 0.1) is 13.8 Å². The molecule has 1 unspecified atom stereocenters. The zero-order chi connectivity index (χ0) is 15.7. The Hall–Kier alpha value is -1.72. The lowest BCUT2D eigenvalue weighted by Gasteiger charge is -2.12. The molecule has 0 amide bonds. The molecule has 0 bridgehead atoms. The molecule has 3 nitrogen and oxygen atoms in total. The van der Waals surface area contributed by atoms with E-state index < -0.39 is 0 Å². The molecular weight excluding hydrogens is 312 g/mol. The van der Waals surface area contributed by atoms with Crippen LogP contribution in [0.2, 0.25) is 0 Å². The van der Waals surface area contributed by atoms with Crippen molar-refractivity contribution in [2.45, 2.75) is 31.0 Å². The first-order chi connectivity index (χ1) is 10.6. The maximum atomic E-state index is 12.7. The Kier molecular flexibility index (Phi) is 4.27. The van der Waals surface area contributed by atoms with Gasteiger partial charge in [0.05, 0.1) is 5.25 Å². The fraction of sp³-hybridized carbons (Fsp3) is 0.235. The minimum absolute atomic E-state index is 0.146. The molecule has 3 rings (SSSR count). The van der Waals surface area contributed by atoms with Crippen molar-refractivity contribution >= 4 is 39.1 Å². The molecule has 3 aromatic rings. The molecule has 0 spiro atoms. The average molecular weight is 328 g/mol. The van der Waals surface area contributed by atoms with Crippen LogP contribution in [-0.4, -0.2) is 21.0 Å². The van der Waals surface area contributed by atoms with Crippen molar-refractivity contribution in [3.63, 3.8) is 0 Å². The Morgan fingerprint density at radius 3 is 2.86 bits per heavy atom. The molecule has 0 N–H and O–H groups in total. The molecule has 5 heteroatoms. The first-order valence-electron chi connectivity index (χ1n) is 7.02. The van der Waals surface area contributed by atoms with Gasteiger partial charge >= 0.3 is 0 Å². The van der Waals surface area contributed by atoms with Gasteiger partial charge in [-0.1, -0.05) is 29.5 Å². The molecule has 22 heavy (non-hydrogen) atoms. The van der Waals surface area contributed by atoms with Crippen LogP contribution in [0.25, 0.3) is 10.2 Å². The molecule has 0 saturated carbocycles. The van der Waals surface area contributed by atoms with E-state index in [0.717, 1.165) is 31.9 Å². The highest BCUT2D eigenvalue weighted by atomic mass is 32.2. The number of rotatable bonds is 4. The van der Waals surface area contributed by atoms with Gasteiger partial charge in [0.25, 0.3) is 0 Å². The molecule has 0 radical (unpaired) electrons. The van der Waals surface area contributed by atoms with Gasteiger partial charge in [0.1, 0.15) is 16.2 Å². The number of carbonyl (C=O) groups is 1. The summed E-state index contributed by atoms with van der Waals surface area (Å²) in [5, 5.41) is 3.72. The van der Waals surface area contributed by atoms with E-state index in [9.17, 15) is 4.79 Å². The van der Waals surface area contributed by atoms with Gasteiger partial charge in [-0.25, -0.2) is 9.97 Å². The predicted molar refractivity (Wildman–Crippen MR) is 93.0 cm³/mol. The van der Waals surface area contributed by atoms with Crippen molar-refractivity contribution in [3.8, 4) is 0 Å². The molecular formula is C17H16N2OS2. The number of nitrogens with zero attached hydrogens (tertiary/aromatic N) is 2. The van der Waals surface area contributed by atoms with E-state index >= 15 is 0 Å². The van der Waals surface area contributed by atoms with Gasteiger partial charge in [-0.15, -0.1) is 11.3 Å². The minimum Gasteiger partial charge on any atom is -0.293 e. The summed E-state index contributed by atoms with van der Waals surface area (Å²) in [5.41, 5.74) is 2.93. The lowest BCUT2D eigenvalue weighted by atomic mass is 10.0. The fourth-order valence-corrected chi connectivity index (χ4v) is 4.07. The fourth-order valence-electron chi connectivity index (χ4n) is 2.30. The predicted octanol–water partition coefficient (Wildman–Crippen LogP) is 4.67. The van der Waals surface area contributed by atoms with Crippen molar-refractivity contribution in [2.24, 2.45) is 0 Å². The number of fused-ring (bicyclic) bond motifs is 1. The van der Waals surface area contributed by atoms with E-state index in [2.05, 4.69) is 9.97 Å². The van der Waals surface area contributed by atoms with Crippen LogP contribution in [0.1, 0.15) is 28.4 Å². The number of hydrogen-bond acceptors (Lipinski definition) is 5. The summed E-state index contributed by atoms with van der Waals surface area (Å²) >= 11 is 3.09.